The fourth-order valence-electron chi connectivity index (χ4n) is 3.00. The van der Waals surface area contributed by atoms with Gasteiger partial charge < -0.3 is 20.3 Å². The van der Waals surface area contributed by atoms with Gasteiger partial charge in [0.05, 0.1) is 0 Å². The lowest BCUT2D eigenvalue weighted by Gasteiger charge is -2.28. The van der Waals surface area contributed by atoms with Crippen LogP contribution in [0.25, 0.3) is 0 Å². The molecule has 0 spiro atoms. The third-order valence-electron chi connectivity index (χ3n) is 4.57. The van der Waals surface area contributed by atoms with E-state index in [9.17, 15) is 0 Å². The number of anilines is 1. The zero-order chi connectivity index (χ0) is 18.5. The summed E-state index contributed by atoms with van der Waals surface area (Å²) in [5.41, 5.74) is 1.23. The molecule has 1 aliphatic heterocycles. The number of ether oxygens (including phenoxy) is 1. The van der Waals surface area contributed by atoms with Gasteiger partial charge in [-0.2, -0.15) is 0 Å². The Morgan fingerprint density at radius 3 is 2.77 bits per heavy atom. The van der Waals surface area contributed by atoms with Gasteiger partial charge in [0.1, 0.15) is 5.82 Å². The summed E-state index contributed by atoms with van der Waals surface area (Å²) in [5.74, 6) is 1.92. The highest BCUT2D eigenvalue weighted by molar-refractivity contribution is 5.79. The van der Waals surface area contributed by atoms with Crippen LogP contribution in [0.4, 0.5) is 5.82 Å². The van der Waals surface area contributed by atoms with E-state index in [1.807, 2.05) is 6.20 Å². The SMILES string of the molecule is CCCCOCCCNC(=NC)NCc1ccnc(N2CCCCC2)c1. The van der Waals surface area contributed by atoms with Gasteiger partial charge >= 0.3 is 0 Å². The number of piperidine rings is 1. The Hall–Kier alpha value is -1.82. The third-order valence-corrected chi connectivity index (χ3v) is 4.57. The molecule has 0 atom stereocenters. The highest BCUT2D eigenvalue weighted by atomic mass is 16.5. The summed E-state index contributed by atoms with van der Waals surface area (Å²) >= 11 is 0. The number of nitrogens with zero attached hydrogens (tertiary/aromatic N) is 3. The van der Waals surface area contributed by atoms with Crippen molar-refractivity contribution in [2.75, 3.05) is 44.8 Å². The van der Waals surface area contributed by atoms with E-state index >= 15 is 0 Å². The maximum Gasteiger partial charge on any atom is 0.191 e. The summed E-state index contributed by atoms with van der Waals surface area (Å²) in [6.07, 6.45) is 9.09. The first-order valence-corrected chi connectivity index (χ1v) is 10.1. The van der Waals surface area contributed by atoms with E-state index in [1.54, 1.807) is 7.05 Å². The first kappa shape index (κ1) is 20.5. The molecule has 0 unspecified atom stereocenters. The highest BCUT2D eigenvalue weighted by Crippen LogP contribution is 2.18. The lowest BCUT2D eigenvalue weighted by Crippen LogP contribution is -2.37. The Bertz CT molecular complexity index is 529. The van der Waals surface area contributed by atoms with Gasteiger partial charge in [-0.05, 0) is 49.8 Å². The largest absolute Gasteiger partial charge is 0.381 e. The molecule has 1 fully saturated rings. The Kier molecular flexibility index (Phi) is 9.87. The average molecular weight is 362 g/mol. The summed E-state index contributed by atoms with van der Waals surface area (Å²) in [6.45, 7) is 7.69. The predicted molar refractivity (Wildman–Crippen MR) is 109 cm³/mol. The molecule has 1 aliphatic rings. The lowest BCUT2D eigenvalue weighted by molar-refractivity contribution is 0.129. The van der Waals surface area contributed by atoms with Crippen molar-refractivity contribution in [3.63, 3.8) is 0 Å². The van der Waals surface area contributed by atoms with Gasteiger partial charge in [-0.3, -0.25) is 4.99 Å². The van der Waals surface area contributed by atoms with Crippen molar-refractivity contribution in [1.29, 1.82) is 0 Å². The Morgan fingerprint density at radius 2 is 2.00 bits per heavy atom. The zero-order valence-corrected chi connectivity index (χ0v) is 16.5. The van der Waals surface area contributed by atoms with Crippen molar-refractivity contribution in [2.45, 2.75) is 52.0 Å². The van der Waals surface area contributed by atoms with Crippen molar-refractivity contribution in [3.8, 4) is 0 Å². The van der Waals surface area contributed by atoms with E-state index in [0.29, 0.717) is 0 Å². The van der Waals surface area contributed by atoms with Gasteiger partial charge in [-0.15, -0.1) is 0 Å². The molecule has 0 bridgehead atoms. The fourth-order valence-corrected chi connectivity index (χ4v) is 3.00. The molecule has 6 heteroatoms. The van der Waals surface area contributed by atoms with Crippen LogP contribution < -0.4 is 15.5 Å². The normalized spacial score (nSPS) is 15.2. The van der Waals surface area contributed by atoms with Gasteiger partial charge in [0.15, 0.2) is 5.96 Å². The lowest BCUT2D eigenvalue weighted by atomic mass is 10.1. The highest BCUT2D eigenvalue weighted by Gasteiger charge is 2.12. The van der Waals surface area contributed by atoms with E-state index in [0.717, 1.165) is 64.0 Å². The van der Waals surface area contributed by atoms with Gasteiger partial charge in [0.25, 0.3) is 0 Å². The fraction of sp³-hybridized carbons (Fsp3) is 0.700. The topological polar surface area (TPSA) is 61.8 Å². The van der Waals surface area contributed by atoms with Crippen molar-refractivity contribution >= 4 is 11.8 Å². The van der Waals surface area contributed by atoms with Crippen LogP contribution in [-0.4, -0.2) is 50.8 Å². The van der Waals surface area contributed by atoms with Crippen molar-refractivity contribution in [2.24, 2.45) is 4.99 Å². The second-order valence-electron chi connectivity index (χ2n) is 6.74. The number of hydrogen-bond donors (Lipinski definition) is 2. The van der Waals surface area contributed by atoms with E-state index in [2.05, 4.69) is 44.6 Å². The molecule has 146 valence electrons. The van der Waals surface area contributed by atoms with E-state index in [4.69, 9.17) is 4.74 Å². The molecular formula is C20H35N5O. The van der Waals surface area contributed by atoms with Crippen LogP contribution >= 0.6 is 0 Å². The maximum absolute atomic E-state index is 5.58. The molecule has 1 aromatic rings. The molecular weight excluding hydrogens is 326 g/mol. The number of aliphatic imine (C=N–C) groups is 1. The number of pyridine rings is 1. The summed E-state index contributed by atoms with van der Waals surface area (Å²) in [4.78, 5) is 11.2. The van der Waals surface area contributed by atoms with E-state index in [-0.39, 0.29) is 0 Å². The minimum absolute atomic E-state index is 0.746. The molecule has 1 aromatic heterocycles. The maximum atomic E-state index is 5.58. The van der Waals surface area contributed by atoms with Gasteiger partial charge in [0, 0.05) is 52.6 Å². The van der Waals surface area contributed by atoms with Crippen molar-refractivity contribution in [1.82, 2.24) is 15.6 Å². The quantitative estimate of drug-likeness (QED) is 0.381. The molecule has 0 saturated carbocycles. The van der Waals surface area contributed by atoms with Crippen LogP contribution in [0, 0.1) is 0 Å². The molecule has 26 heavy (non-hydrogen) atoms. The van der Waals surface area contributed by atoms with Crippen LogP contribution in [0.1, 0.15) is 51.0 Å². The summed E-state index contributed by atoms with van der Waals surface area (Å²) in [7, 11) is 1.80. The number of hydrogen-bond acceptors (Lipinski definition) is 4. The number of unbranched alkanes of at least 4 members (excludes halogenated alkanes) is 1. The number of aromatic nitrogens is 1. The Balaban J connectivity index is 1.69. The number of guanidine groups is 1. The molecule has 2 rings (SSSR count). The second kappa shape index (κ2) is 12.5. The minimum Gasteiger partial charge on any atom is -0.381 e. The molecule has 2 heterocycles. The second-order valence-corrected chi connectivity index (χ2v) is 6.74. The van der Waals surface area contributed by atoms with E-state index < -0.39 is 0 Å². The van der Waals surface area contributed by atoms with Gasteiger partial charge in [-0.1, -0.05) is 13.3 Å². The standard InChI is InChI=1S/C20H35N5O/c1-3-4-14-26-15-8-10-23-20(21-2)24-17-18-9-11-22-19(16-18)25-12-6-5-7-13-25/h9,11,16H,3-8,10,12-15,17H2,1-2H3,(H2,21,23,24). The minimum atomic E-state index is 0.746. The summed E-state index contributed by atoms with van der Waals surface area (Å²) in [5, 5.41) is 6.72. The van der Waals surface area contributed by atoms with Crippen LogP contribution in [0.15, 0.2) is 23.3 Å². The zero-order valence-electron chi connectivity index (χ0n) is 16.5. The van der Waals surface area contributed by atoms with Crippen LogP contribution in [0.3, 0.4) is 0 Å². The van der Waals surface area contributed by atoms with Crippen molar-refractivity contribution < 1.29 is 4.74 Å². The van der Waals surface area contributed by atoms with Crippen LogP contribution in [0.2, 0.25) is 0 Å². The predicted octanol–water partition coefficient (Wildman–Crippen LogP) is 2.94. The number of rotatable bonds is 10. The third kappa shape index (κ3) is 7.60. The molecule has 6 nitrogen and oxygen atoms in total. The molecule has 2 N–H and O–H groups in total. The van der Waals surface area contributed by atoms with Crippen LogP contribution in [-0.2, 0) is 11.3 Å². The summed E-state index contributed by atoms with van der Waals surface area (Å²) < 4.78 is 5.58. The van der Waals surface area contributed by atoms with Crippen molar-refractivity contribution in [3.05, 3.63) is 23.9 Å². The first-order chi connectivity index (χ1) is 12.8. The Labute approximate surface area is 158 Å². The molecule has 0 radical (unpaired) electrons. The monoisotopic (exact) mass is 361 g/mol. The first-order valence-electron chi connectivity index (χ1n) is 10.1. The molecule has 1 saturated heterocycles. The van der Waals surface area contributed by atoms with Gasteiger partial charge in [-0.25, -0.2) is 4.98 Å². The van der Waals surface area contributed by atoms with E-state index in [1.165, 1.54) is 31.2 Å². The van der Waals surface area contributed by atoms with Gasteiger partial charge in [0.2, 0.25) is 0 Å². The summed E-state index contributed by atoms with van der Waals surface area (Å²) in [6, 6.07) is 4.25. The average Bonchev–Trinajstić information content (AvgIpc) is 2.70. The number of nitrogens with one attached hydrogen (secondary N) is 2. The molecule has 0 amide bonds. The smallest absolute Gasteiger partial charge is 0.191 e. The van der Waals surface area contributed by atoms with Crippen LogP contribution in [0.5, 0.6) is 0 Å². The molecule has 0 aliphatic carbocycles. The Morgan fingerprint density at radius 1 is 1.19 bits per heavy atom. The molecule has 0 aromatic carbocycles.